The second-order valence-corrected chi connectivity index (χ2v) is 8.19. The summed E-state index contributed by atoms with van der Waals surface area (Å²) in [5.41, 5.74) is -4.66. The zero-order valence-corrected chi connectivity index (χ0v) is 12.6. The molecule has 5 fully saturated rings. The topological polar surface area (TPSA) is 112 Å². The number of aliphatic hydroxyl groups is 3. The molecule has 7 nitrogen and oxygen atoms in total. The van der Waals surface area contributed by atoms with Crippen molar-refractivity contribution >= 4 is 5.97 Å². The number of esters is 1. The standard InChI is InChI=1S/C15H20O7/c1-12(2,18)5-6-11(17)21-7(5)8(16)13(3)14(4-20-14)9-10(22-9)15(6,13)19/h5-10,16,18-19H,4H2,1-3H3/t5?,6?,7?,8?,9?,10?,13-,14+,15-/m0/s1. The number of aliphatic hydroxyl groups excluding tert-OH is 1. The largest absolute Gasteiger partial charge is 0.459 e. The summed E-state index contributed by atoms with van der Waals surface area (Å²) < 4.78 is 16.6. The van der Waals surface area contributed by atoms with Crippen LogP contribution in [0.4, 0.5) is 0 Å². The van der Waals surface area contributed by atoms with Gasteiger partial charge in [-0.2, -0.15) is 0 Å². The van der Waals surface area contributed by atoms with Crippen molar-refractivity contribution in [2.45, 2.75) is 62.0 Å². The first-order valence-electron chi connectivity index (χ1n) is 7.73. The van der Waals surface area contributed by atoms with Gasteiger partial charge in [-0.25, -0.2) is 0 Å². The van der Waals surface area contributed by atoms with Gasteiger partial charge in [-0.05, 0) is 13.8 Å². The molecule has 5 aliphatic rings. The SMILES string of the molecule is CC(C)(O)C1C2OC(=O)C1[C@]1(O)C3OC3[C@]3(CO3)[C@]1(C)C2O. The van der Waals surface area contributed by atoms with E-state index in [0.29, 0.717) is 6.61 Å². The van der Waals surface area contributed by atoms with E-state index in [4.69, 9.17) is 14.2 Å². The van der Waals surface area contributed by atoms with Gasteiger partial charge in [0.1, 0.15) is 35.6 Å². The fourth-order valence-electron chi connectivity index (χ4n) is 5.73. The normalized spacial score (nSPS) is 64.4. The van der Waals surface area contributed by atoms with Crippen molar-refractivity contribution in [3.63, 3.8) is 0 Å². The highest BCUT2D eigenvalue weighted by molar-refractivity contribution is 5.79. The zero-order chi connectivity index (χ0) is 15.9. The van der Waals surface area contributed by atoms with E-state index < -0.39 is 58.3 Å². The number of hydrogen-bond donors (Lipinski definition) is 3. The van der Waals surface area contributed by atoms with Gasteiger partial charge in [0.25, 0.3) is 0 Å². The van der Waals surface area contributed by atoms with Crippen LogP contribution in [0.2, 0.25) is 0 Å². The highest BCUT2D eigenvalue weighted by Gasteiger charge is 2.94. The van der Waals surface area contributed by atoms with Crippen molar-refractivity contribution in [1.82, 2.24) is 0 Å². The van der Waals surface area contributed by atoms with Crippen LogP contribution in [-0.2, 0) is 19.0 Å². The molecule has 0 radical (unpaired) electrons. The lowest BCUT2D eigenvalue weighted by molar-refractivity contribution is -0.254. The number of fused-ring (bicyclic) bond motifs is 8. The smallest absolute Gasteiger partial charge is 0.312 e. The molecule has 0 aromatic heterocycles. The van der Waals surface area contributed by atoms with E-state index in [2.05, 4.69) is 0 Å². The van der Waals surface area contributed by atoms with Gasteiger partial charge in [-0.15, -0.1) is 0 Å². The highest BCUT2D eigenvalue weighted by atomic mass is 16.7. The Balaban J connectivity index is 1.74. The molecule has 7 heteroatoms. The van der Waals surface area contributed by atoms with Gasteiger partial charge in [-0.3, -0.25) is 4.79 Å². The molecule has 3 N–H and O–H groups in total. The van der Waals surface area contributed by atoms with Crippen molar-refractivity contribution < 1.29 is 34.3 Å². The van der Waals surface area contributed by atoms with E-state index >= 15 is 0 Å². The molecule has 0 amide bonds. The Morgan fingerprint density at radius 2 is 1.95 bits per heavy atom. The molecule has 9 atom stereocenters. The Labute approximate surface area is 127 Å². The maximum Gasteiger partial charge on any atom is 0.312 e. The molecule has 6 unspecified atom stereocenters. The Morgan fingerprint density at radius 3 is 2.50 bits per heavy atom. The number of rotatable bonds is 1. The van der Waals surface area contributed by atoms with Crippen LogP contribution >= 0.6 is 0 Å². The first-order valence-corrected chi connectivity index (χ1v) is 7.73. The van der Waals surface area contributed by atoms with Gasteiger partial charge in [0.2, 0.25) is 0 Å². The summed E-state index contributed by atoms with van der Waals surface area (Å²) >= 11 is 0. The molecule has 3 aliphatic heterocycles. The fraction of sp³-hybridized carbons (Fsp3) is 0.933. The fourth-order valence-corrected chi connectivity index (χ4v) is 5.73. The quantitative estimate of drug-likeness (QED) is 0.402. The second kappa shape index (κ2) is 3.23. The molecular weight excluding hydrogens is 292 g/mol. The summed E-state index contributed by atoms with van der Waals surface area (Å²) in [4.78, 5) is 12.4. The third-order valence-electron chi connectivity index (χ3n) is 6.96. The van der Waals surface area contributed by atoms with E-state index in [0.717, 1.165) is 0 Å². The van der Waals surface area contributed by atoms with Crippen LogP contribution in [0.1, 0.15) is 20.8 Å². The number of epoxide rings is 2. The van der Waals surface area contributed by atoms with E-state index in [1.165, 1.54) is 0 Å². The average molecular weight is 312 g/mol. The third kappa shape index (κ3) is 1.05. The average Bonchev–Trinajstić information content (AvgIpc) is 3.26. The summed E-state index contributed by atoms with van der Waals surface area (Å²) in [7, 11) is 0. The summed E-state index contributed by atoms with van der Waals surface area (Å²) in [6.07, 6.45) is -2.82. The highest BCUT2D eigenvalue weighted by Crippen LogP contribution is 2.76. The lowest BCUT2D eigenvalue weighted by atomic mass is 9.51. The molecule has 0 aromatic carbocycles. The Hall–Kier alpha value is -0.730. The van der Waals surface area contributed by atoms with Crippen LogP contribution in [0.3, 0.4) is 0 Å². The molecule has 2 aliphatic carbocycles. The molecule has 3 heterocycles. The van der Waals surface area contributed by atoms with Crippen molar-refractivity contribution in [3.8, 4) is 0 Å². The summed E-state index contributed by atoms with van der Waals surface area (Å²) in [6.45, 7) is 5.29. The number of carbonyl (C=O) groups excluding carboxylic acids is 1. The molecule has 122 valence electrons. The first kappa shape index (κ1) is 13.7. The minimum atomic E-state index is -1.59. The summed E-state index contributed by atoms with van der Waals surface area (Å²) in [5.74, 6) is -2.19. The van der Waals surface area contributed by atoms with Gasteiger partial charge in [-0.1, -0.05) is 6.92 Å². The van der Waals surface area contributed by atoms with E-state index in [9.17, 15) is 20.1 Å². The van der Waals surface area contributed by atoms with Crippen LogP contribution in [0, 0.1) is 17.3 Å². The van der Waals surface area contributed by atoms with Crippen LogP contribution < -0.4 is 0 Å². The van der Waals surface area contributed by atoms with Gasteiger partial charge in [0.05, 0.1) is 23.5 Å². The lowest BCUT2D eigenvalue weighted by Crippen LogP contribution is -2.72. The number of ether oxygens (including phenoxy) is 3. The predicted octanol–water partition coefficient (Wildman–Crippen LogP) is -1.42. The minimum Gasteiger partial charge on any atom is -0.459 e. The Bertz CT molecular complexity index is 593. The van der Waals surface area contributed by atoms with Crippen LogP contribution in [0.15, 0.2) is 0 Å². The molecule has 0 aromatic rings. The van der Waals surface area contributed by atoms with Gasteiger partial charge in [0.15, 0.2) is 0 Å². The van der Waals surface area contributed by atoms with Crippen LogP contribution in [0.25, 0.3) is 0 Å². The molecule has 1 spiro atoms. The molecule has 5 rings (SSSR count). The Morgan fingerprint density at radius 1 is 1.32 bits per heavy atom. The van der Waals surface area contributed by atoms with E-state index in [-0.39, 0.29) is 6.10 Å². The minimum absolute atomic E-state index is 0.299. The van der Waals surface area contributed by atoms with E-state index in [1.54, 1.807) is 20.8 Å². The van der Waals surface area contributed by atoms with Crippen molar-refractivity contribution in [2.75, 3.05) is 6.61 Å². The van der Waals surface area contributed by atoms with Crippen LogP contribution in [0.5, 0.6) is 0 Å². The van der Waals surface area contributed by atoms with Crippen LogP contribution in [-0.4, -0.2) is 69.1 Å². The molecule has 2 bridgehead atoms. The predicted molar refractivity (Wildman–Crippen MR) is 69.6 cm³/mol. The number of hydrogen-bond acceptors (Lipinski definition) is 7. The Kier molecular flexibility index (Phi) is 2.01. The summed E-state index contributed by atoms with van der Waals surface area (Å²) in [6, 6.07) is 0. The second-order valence-electron chi connectivity index (χ2n) is 8.19. The monoisotopic (exact) mass is 312 g/mol. The van der Waals surface area contributed by atoms with Gasteiger partial charge >= 0.3 is 5.97 Å². The third-order valence-corrected chi connectivity index (χ3v) is 6.96. The van der Waals surface area contributed by atoms with Gasteiger partial charge < -0.3 is 29.5 Å². The first-order chi connectivity index (χ1) is 10.1. The molecule has 3 saturated heterocycles. The maximum absolute atomic E-state index is 12.4. The van der Waals surface area contributed by atoms with Crippen molar-refractivity contribution in [3.05, 3.63) is 0 Å². The summed E-state index contributed by atoms with van der Waals surface area (Å²) in [5, 5.41) is 33.0. The van der Waals surface area contributed by atoms with Gasteiger partial charge in [0, 0.05) is 5.92 Å². The maximum atomic E-state index is 12.4. The molecule has 22 heavy (non-hydrogen) atoms. The molecule has 2 saturated carbocycles. The number of carbonyl (C=O) groups is 1. The lowest BCUT2D eigenvalue weighted by Gasteiger charge is -2.55. The van der Waals surface area contributed by atoms with Crippen molar-refractivity contribution in [1.29, 1.82) is 0 Å². The molecular formula is C15H20O7. The van der Waals surface area contributed by atoms with Crippen molar-refractivity contribution in [2.24, 2.45) is 17.3 Å². The zero-order valence-electron chi connectivity index (χ0n) is 12.6. The van der Waals surface area contributed by atoms with E-state index in [1.807, 2.05) is 0 Å².